The zero-order chi connectivity index (χ0) is 23.0. The Morgan fingerprint density at radius 2 is 1.84 bits per heavy atom. The van der Waals surface area contributed by atoms with E-state index in [1.807, 2.05) is 25.1 Å². The second-order valence-corrected chi connectivity index (χ2v) is 9.11. The lowest BCUT2D eigenvalue weighted by atomic mass is 10.1. The predicted molar refractivity (Wildman–Crippen MR) is 121 cm³/mol. The zero-order valence-electron chi connectivity index (χ0n) is 18.1. The van der Waals surface area contributed by atoms with E-state index in [4.69, 9.17) is 9.47 Å². The number of pyridine rings is 1. The number of nitrogens with zero attached hydrogens (tertiary/aromatic N) is 4. The Morgan fingerprint density at radius 3 is 2.53 bits per heavy atom. The first-order valence-electron chi connectivity index (χ1n) is 9.85. The van der Waals surface area contributed by atoms with E-state index in [0.29, 0.717) is 34.3 Å². The number of carbonyl (C=O) groups excluding carboxylic acids is 1. The Kier molecular flexibility index (Phi) is 5.57. The summed E-state index contributed by atoms with van der Waals surface area (Å²) in [7, 11) is 0.0707. The molecule has 10 heteroatoms. The maximum absolute atomic E-state index is 13.3. The summed E-state index contributed by atoms with van der Waals surface area (Å²) in [4.78, 5) is 21.9. The normalized spacial score (nSPS) is 11.9. The van der Waals surface area contributed by atoms with Gasteiger partial charge in [0.25, 0.3) is 0 Å². The number of rotatable bonds is 6. The number of benzene rings is 2. The third-order valence-corrected chi connectivity index (χ3v) is 6.69. The van der Waals surface area contributed by atoms with Crippen LogP contribution in [0.25, 0.3) is 33.5 Å². The molecule has 32 heavy (non-hydrogen) atoms. The monoisotopic (exact) mass is 454 g/mol. The predicted octanol–water partition coefficient (Wildman–Crippen LogP) is 3.09. The maximum atomic E-state index is 13.3. The fourth-order valence-corrected chi connectivity index (χ4v) is 4.49. The van der Waals surface area contributed by atoms with Gasteiger partial charge in [-0.1, -0.05) is 24.3 Å². The summed E-state index contributed by atoms with van der Waals surface area (Å²) in [5.41, 5.74) is 1.45. The van der Waals surface area contributed by atoms with E-state index in [1.165, 1.54) is 21.2 Å². The van der Waals surface area contributed by atoms with Gasteiger partial charge in [0, 0.05) is 19.5 Å². The summed E-state index contributed by atoms with van der Waals surface area (Å²) < 4.78 is 39.5. The molecular weight excluding hydrogens is 432 g/mol. The van der Waals surface area contributed by atoms with Crippen LogP contribution in [0.2, 0.25) is 0 Å². The highest BCUT2D eigenvalue weighted by Gasteiger charge is 2.30. The lowest BCUT2D eigenvalue weighted by Crippen LogP contribution is -2.29. The third-order valence-electron chi connectivity index (χ3n) is 4.94. The van der Waals surface area contributed by atoms with Gasteiger partial charge in [-0.3, -0.25) is 0 Å². The van der Waals surface area contributed by atoms with Crippen LogP contribution in [0.4, 0.5) is 0 Å². The number of esters is 1. The van der Waals surface area contributed by atoms with Crippen LogP contribution in [0.1, 0.15) is 17.3 Å². The number of aromatic nitrogens is 3. The smallest absolute Gasteiger partial charge is 0.340 e. The number of ether oxygens (including phenoxy) is 2. The van der Waals surface area contributed by atoms with Gasteiger partial charge < -0.3 is 9.47 Å². The number of methoxy groups -OCH3 is 1. The summed E-state index contributed by atoms with van der Waals surface area (Å²) in [5, 5.41) is 0.713. The summed E-state index contributed by atoms with van der Waals surface area (Å²) >= 11 is 0. The van der Waals surface area contributed by atoms with Gasteiger partial charge in [-0.05, 0) is 31.2 Å². The van der Waals surface area contributed by atoms with Crippen molar-refractivity contribution in [3.05, 3.63) is 54.1 Å². The number of carbonyl (C=O) groups is 1. The zero-order valence-corrected chi connectivity index (χ0v) is 18.9. The second kappa shape index (κ2) is 8.21. The van der Waals surface area contributed by atoms with E-state index in [1.54, 1.807) is 30.3 Å². The average molecular weight is 455 g/mol. The number of imidazole rings is 1. The van der Waals surface area contributed by atoms with Crippen LogP contribution in [-0.4, -0.2) is 60.4 Å². The van der Waals surface area contributed by atoms with Crippen molar-refractivity contribution in [2.75, 3.05) is 27.8 Å². The van der Waals surface area contributed by atoms with Gasteiger partial charge in [-0.25, -0.2) is 18.7 Å². The number of hydrogen-bond donors (Lipinski definition) is 0. The lowest BCUT2D eigenvalue weighted by molar-refractivity contribution is 0.0601. The van der Waals surface area contributed by atoms with Crippen LogP contribution >= 0.6 is 0 Å². The molecule has 0 aliphatic rings. The lowest BCUT2D eigenvalue weighted by Gasteiger charge is -2.16. The van der Waals surface area contributed by atoms with Crippen molar-refractivity contribution in [2.45, 2.75) is 6.92 Å². The molecule has 0 bridgehead atoms. The second-order valence-electron chi connectivity index (χ2n) is 7.12. The summed E-state index contributed by atoms with van der Waals surface area (Å²) in [5.74, 6) is -0.226. The van der Waals surface area contributed by atoms with Gasteiger partial charge >= 0.3 is 16.2 Å². The van der Waals surface area contributed by atoms with Crippen molar-refractivity contribution in [1.82, 2.24) is 18.2 Å². The van der Waals surface area contributed by atoms with Crippen molar-refractivity contribution >= 4 is 38.1 Å². The molecule has 0 fully saturated rings. The van der Waals surface area contributed by atoms with E-state index in [-0.39, 0.29) is 17.1 Å². The third kappa shape index (κ3) is 3.47. The van der Waals surface area contributed by atoms with Crippen LogP contribution in [0.15, 0.2) is 48.5 Å². The highest BCUT2D eigenvalue weighted by molar-refractivity contribution is 7.87. The Bertz CT molecular complexity index is 1440. The molecular formula is C22H22N4O5S. The molecule has 0 spiro atoms. The highest BCUT2D eigenvalue weighted by atomic mass is 32.2. The SMILES string of the molecule is CCOc1cccc2c1nc(-c1nc3ccccc3cc1C(=O)OC)n2S(=O)(=O)N(C)C. The molecule has 0 aliphatic heterocycles. The molecule has 0 saturated carbocycles. The van der Waals surface area contributed by atoms with Crippen LogP contribution in [0, 0.1) is 0 Å². The van der Waals surface area contributed by atoms with Gasteiger partial charge in [0.1, 0.15) is 17.0 Å². The fourth-order valence-electron chi connectivity index (χ4n) is 3.42. The minimum absolute atomic E-state index is 0.00740. The van der Waals surface area contributed by atoms with E-state index in [0.717, 1.165) is 8.28 Å². The molecule has 0 amide bonds. The highest BCUT2D eigenvalue weighted by Crippen LogP contribution is 2.34. The maximum Gasteiger partial charge on any atom is 0.340 e. The molecule has 166 valence electrons. The van der Waals surface area contributed by atoms with Gasteiger partial charge in [0.05, 0.1) is 30.3 Å². The standard InChI is InChI=1S/C22H22N4O5S/c1-5-31-18-12-8-11-17-20(18)24-21(26(17)32(28,29)25(2)3)19-15(22(27)30-4)13-14-9-6-7-10-16(14)23-19/h6-13H,5H2,1-4H3. The molecule has 0 atom stereocenters. The van der Waals surface area contributed by atoms with Crippen molar-refractivity contribution in [3.8, 4) is 17.3 Å². The fraction of sp³-hybridized carbons (Fsp3) is 0.227. The largest absolute Gasteiger partial charge is 0.492 e. The Hall–Kier alpha value is -3.50. The van der Waals surface area contributed by atoms with Gasteiger partial charge in [0.15, 0.2) is 5.82 Å². The molecule has 2 aromatic heterocycles. The Labute approximate surface area is 185 Å². The van der Waals surface area contributed by atoms with Crippen molar-refractivity contribution in [2.24, 2.45) is 0 Å². The molecule has 0 radical (unpaired) electrons. The van der Waals surface area contributed by atoms with E-state index >= 15 is 0 Å². The minimum Gasteiger partial charge on any atom is -0.492 e. The van der Waals surface area contributed by atoms with Crippen LogP contribution in [-0.2, 0) is 14.9 Å². The molecule has 2 aromatic carbocycles. The van der Waals surface area contributed by atoms with Crippen LogP contribution < -0.4 is 4.74 Å². The Balaban J connectivity index is 2.16. The summed E-state index contributed by atoms with van der Waals surface area (Å²) in [6, 6.07) is 13.9. The Morgan fingerprint density at radius 1 is 1.09 bits per heavy atom. The van der Waals surface area contributed by atoms with Crippen LogP contribution in [0.5, 0.6) is 5.75 Å². The molecule has 0 N–H and O–H groups in total. The average Bonchev–Trinajstić information content (AvgIpc) is 3.19. The molecule has 0 aliphatic carbocycles. The molecule has 4 aromatic rings. The van der Waals surface area contributed by atoms with E-state index in [2.05, 4.69) is 9.97 Å². The van der Waals surface area contributed by atoms with Gasteiger partial charge in [-0.2, -0.15) is 12.7 Å². The first-order chi connectivity index (χ1) is 15.3. The van der Waals surface area contributed by atoms with E-state index < -0.39 is 16.2 Å². The minimum atomic E-state index is -4.03. The number of para-hydroxylation sites is 2. The van der Waals surface area contributed by atoms with Crippen molar-refractivity contribution in [1.29, 1.82) is 0 Å². The summed E-state index contributed by atoms with van der Waals surface area (Å²) in [6.07, 6.45) is 0. The molecule has 0 unspecified atom stereocenters. The molecule has 4 rings (SSSR count). The van der Waals surface area contributed by atoms with E-state index in [9.17, 15) is 13.2 Å². The van der Waals surface area contributed by atoms with Gasteiger partial charge in [-0.15, -0.1) is 0 Å². The first-order valence-corrected chi connectivity index (χ1v) is 11.2. The van der Waals surface area contributed by atoms with Crippen molar-refractivity contribution < 1.29 is 22.7 Å². The van der Waals surface area contributed by atoms with Gasteiger partial charge in [0.2, 0.25) is 0 Å². The van der Waals surface area contributed by atoms with Crippen LogP contribution in [0.3, 0.4) is 0 Å². The first kappa shape index (κ1) is 21.7. The molecule has 2 heterocycles. The molecule has 0 saturated heterocycles. The molecule has 9 nitrogen and oxygen atoms in total. The summed E-state index contributed by atoms with van der Waals surface area (Å²) in [6.45, 7) is 2.21. The quantitative estimate of drug-likeness (QED) is 0.412. The topological polar surface area (TPSA) is 104 Å². The van der Waals surface area contributed by atoms with Crippen molar-refractivity contribution in [3.63, 3.8) is 0 Å². The number of fused-ring (bicyclic) bond motifs is 2. The number of hydrogen-bond acceptors (Lipinski definition) is 7.